The Morgan fingerprint density at radius 2 is 1.87 bits per heavy atom. The average Bonchev–Trinajstić information content (AvgIpc) is 3.25. The molecule has 2 aromatic rings. The molecule has 0 fully saturated rings. The summed E-state index contributed by atoms with van der Waals surface area (Å²) in [6.45, 7) is 7.42. The molecule has 2 aliphatic rings. The van der Waals surface area contributed by atoms with Crippen LogP contribution in [0.25, 0.3) is 11.6 Å². The number of benzene rings is 1. The van der Waals surface area contributed by atoms with Crippen LogP contribution in [0.3, 0.4) is 0 Å². The molecule has 0 aliphatic heterocycles. The summed E-state index contributed by atoms with van der Waals surface area (Å²) in [5, 5.41) is 3.86. The normalized spacial score (nSPS) is 20.1. The van der Waals surface area contributed by atoms with Crippen molar-refractivity contribution in [2.45, 2.75) is 32.0 Å². The maximum atomic E-state index is 2.55. The highest BCUT2D eigenvalue weighted by Crippen LogP contribution is 2.47. The standard InChI is InChI=1S/C21H22SSi/c1-15-13-16-7-4-5-8-19(16)21(15)23(2,3)18-11-10-17(14-18)20-9-6-12-22-20/h4-10,12-14,21H,11H2,1-3H3. The molecule has 2 heteroatoms. The highest BCUT2D eigenvalue weighted by Gasteiger charge is 2.40. The highest BCUT2D eigenvalue weighted by atomic mass is 32.1. The lowest BCUT2D eigenvalue weighted by Gasteiger charge is -2.33. The van der Waals surface area contributed by atoms with Crippen LogP contribution in [0.1, 0.15) is 34.9 Å². The van der Waals surface area contributed by atoms with Gasteiger partial charge in [-0.05, 0) is 41.5 Å². The zero-order valence-corrected chi connectivity index (χ0v) is 15.8. The molecule has 1 atom stereocenters. The third-order valence-corrected chi connectivity index (χ3v) is 10.5. The topological polar surface area (TPSA) is 0 Å². The van der Waals surface area contributed by atoms with E-state index in [0.29, 0.717) is 5.54 Å². The first-order valence-corrected chi connectivity index (χ1v) is 12.3. The summed E-state index contributed by atoms with van der Waals surface area (Å²) in [5.41, 5.74) is 6.59. The predicted octanol–water partition coefficient (Wildman–Crippen LogP) is 6.45. The molecular formula is C21H22SSi. The Morgan fingerprint density at radius 1 is 1.04 bits per heavy atom. The van der Waals surface area contributed by atoms with Gasteiger partial charge in [0, 0.05) is 10.4 Å². The molecule has 0 radical (unpaired) electrons. The van der Waals surface area contributed by atoms with Gasteiger partial charge in [0.15, 0.2) is 0 Å². The van der Waals surface area contributed by atoms with Crippen molar-refractivity contribution in [1.29, 1.82) is 0 Å². The third-order valence-electron chi connectivity index (χ3n) is 5.37. The van der Waals surface area contributed by atoms with E-state index in [9.17, 15) is 0 Å². The van der Waals surface area contributed by atoms with Gasteiger partial charge in [0.25, 0.3) is 0 Å². The molecule has 0 N–H and O–H groups in total. The first-order valence-electron chi connectivity index (χ1n) is 8.29. The Labute approximate surface area is 143 Å². The summed E-state index contributed by atoms with van der Waals surface area (Å²) in [6, 6.07) is 13.3. The zero-order valence-electron chi connectivity index (χ0n) is 14.0. The van der Waals surface area contributed by atoms with Crippen molar-refractivity contribution in [2.24, 2.45) is 0 Å². The van der Waals surface area contributed by atoms with Gasteiger partial charge in [-0.2, -0.15) is 0 Å². The average molecular weight is 335 g/mol. The van der Waals surface area contributed by atoms with Crippen molar-refractivity contribution >= 4 is 31.1 Å². The number of fused-ring (bicyclic) bond motifs is 1. The minimum atomic E-state index is -1.56. The lowest BCUT2D eigenvalue weighted by atomic mass is 10.1. The van der Waals surface area contributed by atoms with Crippen LogP contribution in [0.15, 0.2) is 64.7 Å². The molecule has 1 unspecified atom stereocenters. The van der Waals surface area contributed by atoms with Crippen molar-refractivity contribution in [3.63, 3.8) is 0 Å². The van der Waals surface area contributed by atoms with E-state index < -0.39 is 8.07 Å². The lowest BCUT2D eigenvalue weighted by Crippen LogP contribution is -2.37. The van der Waals surface area contributed by atoms with Crippen LogP contribution in [-0.4, -0.2) is 8.07 Å². The molecule has 0 saturated heterocycles. The Hall–Kier alpha value is -1.64. The van der Waals surface area contributed by atoms with Gasteiger partial charge in [-0.15, -0.1) is 11.3 Å². The van der Waals surface area contributed by atoms with Crippen LogP contribution in [0.5, 0.6) is 0 Å². The van der Waals surface area contributed by atoms with E-state index in [-0.39, 0.29) is 0 Å². The van der Waals surface area contributed by atoms with Crippen LogP contribution in [0.4, 0.5) is 0 Å². The summed E-state index contributed by atoms with van der Waals surface area (Å²) in [6.07, 6.45) is 8.46. The molecular weight excluding hydrogens is 312 g/mol. The maximum absolute atomic E-state index is 2.55. The van der Waals surface area contributed by atoms with Crippen LogP contribution in [0.2, 0.25) is 13.1 Å². The number of rotatable bonds is 3. The number of hydrogen-bond acceptors (Lipinski definition) is 1. The molecule has 1 aromatic heterocycles. The van der Waals surface area contributed by atoms with Crippen molar-refractivity contribution in [3.05, 3.63) is 80.7 Å². The van der Waals surface area contributed by atoms with Gasteiger partial charge in [0.05, 0.1) is 8.07 Å². The number of hydrogen-bond donors (Lipinski definition) is 0. The van der Waals surface area contributed by atoms with Crippen molar-refractivity contribution in [3.8, 4) is 0 Å². The molecule has 0 amide bonds. The summed E-state index contributed by atoms with van der Waals surface area (Å²) in [7, 11) is -1.56. The van der Waals surface area contributed by atoms with Gasteiger partial charge in [-0.1, -0.05) is 72.4 Å². The van der Waals surface area contributed by atoms with Crippen molar-refractivity contribution in [2.75, 3.05) is 0 Å². The van der Waals surface area contributed by atoms with Crippen LogP contribution in [-0.2, 0) is 0 Å². The van der Waals surface area contributed by atoms with E-state index in [0.717, 1.165) is 6.42 Å². The summed E-state index contributed by atoms with van der Waals surface area (Å²) in [4.78, 5) is 1.41. The largest absolute Gasteiger partial charge is 0.144 e. The predicted molar refractivity (Wildman–Crippen MR) is 105 cm³/mol. The van der Waals surface area contributed by atoms with E-state index in [2.05, 4.69) is 80.0 Å². The molecule has 4 rings (SSSR count). The van der Waals surface area contributed by atoms with Crippen molar-refractivity contribution in [1.82, 2.24) is 0 Å². The van der Waals surface area contributed by atoms with Gasteiger partial charge in [0.2, 0.25) is 0 Å². The summed E-state index contributed by atoms with van der Waals surface area (Å²) >= 11 is 1.85. The SMILES string of the molecule is CC1=Cc2ccccc2C1[Si](C)(C)C1=CC(c2cccs2)=CC1. The molecule has 116 valence electrons. The van der Waals surface area contributed by atoms with Gasteiger partial charge in [-0.25, -0.2) is 0 Å². The molecule has 0 nitrogen and oxygen atoms in total. The molecule has 0 saturated carbocycles. The van der Waals surface area contributed by atoms with Crippen LogP contribution >= 0.6 is 11.3 Å². The quantitative estimate of drug-likeness (QED) is 0.566. The minimum absolute atomic E-state index is 0.626. The third kappa shape index (κ3) is 2.41. The van der Waals surface area contributed by atoms with E-state index in [4.69, 9.17) is 0 Å². The fourth-order valence-electron chi connectivity index (χ4n) is 4.21. The second-order valence-corrected chi connectivity index (χ2v) is 12.8. The molecule has 1 heterocycles. The second kappa shape index (κ2) is 5.47. The molecule has 1 aromatic carbocycles. The highest BCUT2D eigenvalue weighted by molar-refractivity contribution is 7.11. The van der Waals surface area contributed by atoms with E-state index in [1.54, 1.807) is 16.3 Å². The smallest absolute Gasteiger partial charge is 0.0876 e. The maximum Gasteiger partial charge on any atom is 0.0876 e. The van der Waals surface area contributed by atoms with E-state index in [1.807, 2.05) is 11.3 Å². The molecule has 23 heavy (non-hydrogen) atoms. The number of thiophene rings is 1. The summed E-state index contributed by atoms with van der Waals surface area (Å²) < 4.78 is 0. The Balaban J connectivity index is 1.70. The minimum Gasteiger partial charge on any atom is -0.144 e. The van der Waals surface area contributed by atoms with Gasteiger partial charge in [-0.3, -0.25) is 0 Å². The molecule has 0 spiro atoms. The van der Waals surface area contributed by atoms with Crippen LogP contribution in [0, 0.1) is 0 Å². The first-order chi connectivity index (χ1) is 11.1. The first kappa shape index (κ1) is 14.9. The van der Waals surface area contributed by atoms with Gasteiger partial charge in [0.1, 0.15) is 0 Å². The Morgan fingerprint density at radius 3 is 2.65 bits per heavy atom. The Kier molecular flexibility index (Phi) is 3.55. The molecule has 0 bridgehead atoms. The van der Waals surface area contributed by atoms with E-state index >= 15 is 0 Å². The van der Waals surface area contributed by atoms with Crippen LogP contribution < -0.4 is 0 Å². The fraction of sp³-hybridized carbons (Fsp3) is 0.238. The second-order valence-electron chi connectivity index (χ2n) is 7.18. The lowest BCUT2D eigenvalue weighted by molar-refractivity contribution is 1.06. The number of allylic oxidation sites excluding steroid dienone is 5. The molecule has 2 aliphatic carbocycles. The summed E-state index contributed by atoms with van der Waals surface area (Å²) in [5.74, 6) is 0. The fourth-order valence-corrected chi connectivity index (χ4v) is 8.74. The van der Waals surface area contributed by atoms with Gasteiger partial charge >= 0.3 is 0 Å². The Bertz CT molecular complexity index is 834. The van der Waals surface area contributed by atoms with Crippen molar-refractivity contribution < 1.29 is 0 Å². The zero-order chi connectivity index (χ0) is 16.0. The van der Waals surface area contributed by atoms with E-state index in [1.165, 1.54) is 16.0 Å². The van der Waals surface area contributed by atoms with Gasteiger partial charge < -0.3 is 0 Å². The monoisotopic (exact) mass is 334 g/mol.